The highest BCUT2D eigenvalue weighted by Gasteiger charge is 2.21. The Kier molecular flexibility index (Phi) is 7.59. The molecule has 0 fully saturated rings. The van der Waals surface area contributed by atoms with Crippen molar-refractivity contribution in [3.05, 3.63) is 0 Å². The van der Waals surface area contributed by atoms with E-state index in [1.165, 1.54) is 0 Å². The van der Waals surface area contributed by atoms with Crippen LogP contribution in [-0.4, -0.2) is 41.9 Å². The van der Waals surface area contributed by atoms with Crippen LogP contribution in [0, 0.1) is 5.92 Å². The molecule has 0 bridgehead atoms. The summed E-state index contributed by atoms with van der Waals surface area (Å²) in [5.74, 6) is 0.0419. The Balaban J connectivity index is 4.26. The summed E-state index contributed by atoms with van der Waals surface area (Å²) in [5, 5.41) is 2.70. The summed E-state index contributed by atoms with van der Waals surface area (Å²) in [6, 6.07) is -0.655. The minimum absolute atomic E-state index is 0.0496. The van der Waals surface area contributed by atoms with Crippen molar-refractivity contribution < 1.29 is 9.59 Å². The Morgan fingerprint density at radius 3 is 2.06 bits per heavy atom. The molecule has 0 radical (unpaired) electrons. The molecule has 0 aliphatic carbocycles. The number of hydrogen-bond acceptors (Lipinski definition) is 3. The molecule has 2 unspecified atom stereocenters. The van der Waals surface area contributed by atoms with Gasteiger partial charge >= 0.3 is 0 Å². The summed E-state index contributed by atoms with van der Waals surface area (Å²) in [6.45, 7) is 10.8. The number of rotatable bonds is 7. The van der Waals surface area contributed by atoms with Gasteiger partial charge in [0, 0.05) is 25.6 Å². The molecule has 2 amide bonds. The van der Waals surface area contributed by atoms with Gasteiger partial charge in [-0.2, -0.15) is 0 Å². The first-order chi connectivity index (χ1) is 8.33. The van der Waals surface area contributed by atoms with Gasteiger partial charge in [-0.25, -0.2) is 0 Å². The van der Waals surface area contributed by atoms with Gasteiger partial charge in [0.2, 0.25) is 11.8 Å². The molecule has 3 N–H and O–H groups in total. The summed E-state index contributed by atoms with van der Waals surface area (Å²) in [7, 11) is 0. The second-order valence-corrected chi connectivity index (χ2v) is 4.91. The molecular weight excluding hydrogens is 230 g/mol. The Bertz CT molecular complexity index is 275. The Labute approximate surface area is 110 Å². The van der Waals surface area contributed by atoms with Gasteiger partial charge in [0.25, 0.3) is 0 Å². The van der Waals surface area contributed by atoms with Crippen LogP contribution >= 0.6 is 0 Å². The van der Waals surface area contributed by atoms with Gasteiger partial charge in [-0.1, -0.05) is 13.8 Å². The summed E-state index contributed by atoms with van der Waals surface area (Å²) in [6.07, 6.45) is 0.257. The van der Waals surface area contributed by atoms with E-state index < -0.39 is 6.04 Å². The monoisotopic (exact) mass is 257 g/mol. The zero-order valence-electron chi connectivity index (χ0n) is 12.2. The van der Waals surface area contributed by atoms with Crippen molar-refractivity contribution in [2.45, 2.75) is 53.1 Å². The predicted molar refractivity (Wildman–Crippen MR) is 73.0 cm³/mol. The lowest BCUT2D eigenvalue weighted by Crippen LogP contribution is -2.48. The van der Waals surface area contributed by atoms with Gasteiger partial charge in [-0.15, -0.1) is 0 Å². The van der Waals surface area contributed by atoms with Crippen LogP contribution in [0.15, 0.2) is 0 Å². The van der Waals surface area contributed by atoms with E-state index in [0.29, 0.717) is 13.1 Å². The third kappa shape index (κ3) is 5.49. The molecule has 0 aromatic rings. The van der Waals surface area contributed by atoms with E-state index in [1.54, 1.807) is 11.8 Å². The maximum atomic E-state index is 11.9. The highest BCUT2D eigenvalue weighted by Crippen LogP contribution is 2.03. The Hall–Kier alpha value is -1.10. The van der Waals surface area contributed by atoms with E-state index in [0.717, 1.165) is 0 Å². The number of nitrogens with two attached hydrogens (primary N) is 1. The summed E-state index contributed by atoms with van der Waals surface area (Å²) < 4.78 is 0. The van der Waals surface area contributed by atoms with Crippen LogP contribution in [0.5, 0.6) is 0 Å². The first-order valence-corrected chi connectivity index (χ1v) is 6.67. The molecule has 0 aromatic carbocycles. The first-order valence-electron chi connectivity index (χ1n) is 6.67. The molecule has 0 aromatic heterocycles. The van der Waals surface area contributed by atoms with Gasteiger partial charge in [0.05, 0.1) is 0 Å². The van der Waals surface area contributed by atoms with Gasteiger partial charge < -0.3 is 16.0 Å². The topological polar surface area (TPSA) is 75.4 Å². The van der Waals surface area contributed by atoms with Crippen LogP contribution in [0.1, 0.15) is 41.0 Å². The van der Waals surface area contributed by atoms with Gasteiger partial charge in [-0.3, -0.25) is 9.59 Å². The molecular formula is C13H27N3O2. The van der Waals surface area contributed by atoms with E-state index in [4.69, 9.17) is 5.73 Å². The Morgan fingerprint density at radius 1 is 1.17 bits per heavy atom. The molecule has 0 rings (SSSR count). The second kappa shape index (κ2) is 8.08. The Morgan fingerprint density at radius 2 is 1.67 bits per heavy atom. The third-order valence-electron chi connectivity index (χ3n) is 3.10. The average molecular weight is 257 g/mol. The van der Waals surface area contributed by atoms with E-state index >= 15 is 0 Å². The summed E-state index contributed by atoms with van der Waals surface area (Å²) >= 11 is 0. The van der Waals surface area contributed by atoms with Crippen molar-refractivity contribution in [2.75, 3.05) is 13.1 Å². The number of hydrogen-bond donors (Lipinski definition) is 2. The largest absolute Gasteiger partial charge is 0.345 e. The van der Waals surface area contributed by atoms with E-state index in [2.05, 4.69) is 5.32 Å². The number of amides is 2. The average Bonchev–Trinajstić information content (AvgIpc) is 2.29. The maximum absolute atomic E-state index is 11.9. The third-order valence-corrected chi connectivity index (χ3v) is 3.10. The summed E-state index contributed by atoms with van der Waals surface area (Å²) in [5.41, 5.74) is 5.83. The molecule has 0 saturated heterocycles. The minimum Gasteiger partial charge on any atom is -0.345 e. The number of likely N-dealkylation sites (N-methyl/N-ethyl adjacent to an activating group) is 1. The number of nitrogens with one attached hydrogen (secondary N) is 1. The highest BCUT2D eigenvalue weighted by molar-refractivity contribution is 5.87. The van der Waals surface area contributed by atoms with Crippen molar-refractivity contribution in [1.29, 1.82) is 0 Å². The quantitative estimate of drug-likeness (QED) is 0.706. The molecule has 106 valence electrons. The smallest absolute Gasteiger partial charge is 0.244 e. The van der Waals surface area contributed by atoms with E-state index in [-0.39, 0.29) is 30.2 Å². The van der Waals surface area contributed by atoms with Crippen LogP contribution in [-0.2, 0) is 9.59 Å². The SMILES string of the molecule is CCN(CC)C(=O)C(C)NC(=O)CC(N)C(C)C. The van der Waals surface area contributed by atoms with Crippen molar-refractivity contribution in [3.63, 3.8) is 0 Å². The number of carbonyl (C=O) groups excluding carboxylic acids is 2. The molecule has 0 spiro atoms. The minimum atomic E-state index is -0.489. The molecule has 2 atom stereocenters. The zero-order chi connectivity index (χ0) is 14.3. The molecule has 0 aliphatic heterocycles. The predicted octanol–water partition coefficient (Wildman–Crippen LogP) is 0.733. The molecule has 5 nitrogen and oxygen atoms in total. The molecule has 0 heterocycles. The van der Waals surface area contributed by atoms with Gasteiger partial charge in [0.1, 0.15) is 6.04 Å². The number of nitrogens with zero attached hydrogens (tertiary/aromatic N) is 1. The molecule has 0 saturated carbocycles. The van der Waals surface area contributed by atoms with Crippen LogP contribution in [0.3, 0.4) is 0 Å². The van der Waals surface area contributed by atoms with Crippen molar-refractivity contribution in [3.8, 4) is 0 Å². The fourth-order valence-electron chi connectivity index (χ4n) is 1.62. The fourth-order valence-corrected chi connectivity index (χ4v) is 1.62. The lowest BCUT2D eigenvalue weighted by molar-refractivity contribution is -0.135. The normalized spacial score (nSPS) is 14.2. The van der Waals surface area contributed by atoms with Crippen molar-refractivity contribution in [2.24, 2.45) is 11.7 Å². The number of carbonyl (C=O) groups is 2. The van der Waals surface area contributed by atoms with Crippen LogP contribution in [0.25, 0.3) is 0 Å². The molecule has 18 heavy (non-hydrogen) atoms. The highest BCUT2D eigenvalue weighted by atomic mass is 16.2. The van der Waals surface area contributed by atoms with Crippen LogP contribution in [0.2, 0.25) is 0 Å². The van der Waals surface area contributed by atoms with Crippen LogP contribution < -0.4 is 11.1 Å². The second-order valence-electron chi connectivity index (χ2n) is 4.91. The van der Waals surface area contributed by atoms with Crippen molar-refractivity contribution >= 4 is 11.8 Å². The van der Waals surface area contributed by atoms with E-state index in [9.17, 15) is 9.59 Å². The molecule has 0 aliphatic rings. The lowest BCUT2D eigenvalue weighted by atomic mass is 10.0. The standard InChI is InChI=1S/C13H27N3O2/c1-6-16(7-2)13(18)10(5)15-12(17)8-11(14)9(3)4/h9-11H,6-8,14H2,1-5H3,(H,15,17). The lowest BCUT2D eigenvalue weighted by Gasteiger charge is -2.24. The first kappa shape index (κ1) is 16.9. The zero-order valence-corrected chi connectivity index (χ0v) is 12.2. The molecule has 5 heteroatoms. The van der Waals surface area contributed by atoms with Gasteiger partial charge in [-0.05, 0) is 26.7 Å². The van der Waals surface area contributed by atoms with Crippen molar-refractivity contribution in [1.82, 2.24) is 10.2 Å². The van der Waals surface area contributed by atoms with E-state index in [1.807, 2.05) is 27.7 Å². The van der Waals surface area contributed by atoms with Gasteiger partial charge in [0.15, 0.2) is 0 Å². The maximum Gasteiger partial charge on any atom is 0.244 e. The fraction of sp³-hybridized carbons (Fsp3) is 0.846. The van der Waals surface area contributed by atoms with Crippen LogP contribution in [0.4, 0.5) is 0 Å². The summed E-state index contributed by atoms with van der Waals surface area (Å²) in [4.78, 5) is 25.4.